The molecule has 3 rings (SSSR count). The molecular weight excluding hydrogens is 308 g/mol. The number of anilines is 3. The molecule has 2 N–H and O–H groups in total. The third kappa shape index (κ3) is 2.87. The minimum absolute atomic E-state index is 0.0101. The van der Waals surface area contributed by atoms with Gasteiger partial charge in [0.1, 0.15) is 0 Å². The number of nitrogens with zero attached hydrogens (tertiary/aromatic N) is 3. The Balaban J connectivity index is 1.85. The van der Waals surface area contributed by atoms with E-state index in [4.69, 9.17) is 11.6 Å². The Kier molecular flexibility index (Phi) is 3.13. The highest BCUT2D eigenvalue weighted by Crippen LogP contribution is 2.42. The number of hydrogen-bond donors (Lipinski definition) is 2. The van der Waals surface area contributed by atoms with Gasteiger partial charge >= 0.3 is 6.29 Å². The fourth-order valence-corrected chi connectivity index (χ4v) is 1.83. The zero-order valence-electron chi connectivity index (χ0n) is 10.5. The number of ether oxygens (including phenoxy) is 2. The molecule has 1 aliphatic heterocycles. The summed E-state index contributed by atoms with van der Waals surface area (Å²) in [6.45, 7) is 0. The van der Waals surface area contributed by atoms with Crippen LogP contribution in [0.15, 0.2) is 18.2 Å². The molecule has 2 aromatic rings. The van der Waals surface area contributed by atoms with E-state index in [-0.39, 0.29) is 28.7 Å². The van der Waals surface area contributed by atoms with Crippen molar-refractivity contribution in [2.75, 3.05) is 17.7 Å². The lowest BCUT2D eigenvalue weighted by molar-refractivity contribution is -0.286. The van der Waals surface area contributed by atoms with Crippen LogP contribution in [0.1, 0.15) is 0 Å². The van der Waals surface area contributed by atoms with Crippen LogP contribution in [0.3, 0.4) is 0 Å². The number of alkyl halides is 2. The smallest absolute Gasteiger partial charge is 0.395 e. The molecule has 0 fully saturated rings. The van der Waals surface area contributed by atoms with Crippen LogP contribution in [0.2, 0.25) is 5.28 Å². The quantitative estimate of drug-likeness (QED) is 0.901. The van der Waals surface area contributed by atoms with Gasteiger partial charge in [-0.3, -0.25) is 0 Å². The Morgan fingerprint density at radius 3 is 2.57 bits per heavy atom. The molecule has 10 heteroatoms. The minimum Gasteiger partial charge on any atom is -0.395 e. The first kappa shape index (κ1) is 13.6. The van der Waals surface area contributed by atoms with Crippen molar-refractivity contribution in [1.29, 1.82) is 0 Å². The van der Waals surface area contributed by atoms with E-state index >= 15 is 0 Å². The molecule has 0 atom stereocenters. The molecule has 1 aromatic heterocycles. The maximum Gasteiger partial charge on any atom is 0.586 e. The van der Waals surface area contributed by atoms with Crippen molar-refractivity contribution in [3.63, 3.8) is 0 Å². The van der Waals surface area contributed by atoms with Crippen LogP contribution < -0.4 is 20.1 Å². The first-order valence-corrected chi connectivity index (χ1v) is 6.09. The standard InChI is InChI=1S/C11H8ClF2N5O2/c1-15-9-17-8(12)18-10(19-9)16-5-2-3-6-7(4-5)21-11(13,14)20-6/h2-4H,1H3,(H2,15,16,17,18,19). The fourth-order valence-electron chi connectivity index (χ4n) is 1.67. The Morgan fingerprint density at radius 1 is 1.10 bits per heavy atom. The Bertz CT molecular complexity index is 700. The van der Waals surface area contributed by atoms with Crippen LogP contribution in [0, 0.1) is 0 Å². The van der Waals surface area contributed by atoms with Crippen molar-refractivity contribution in [3.8, 4) is 11.5 Å². The molecule has 21 heavy (non-hydrogen) atoms. The summed E-state index contributed by atoms with van der Waals surface area (Å²) in [6, 6.07) is 4.20. The minimum atomic E-state index is -3.66. The average molecular weight is 316 g/mol. The van der Waals surface area contributed by atoms with Crippen molar-refractivity contribution in [3.05, 3.63) is 23.5 Å². The van der Waals surface area contributed by atoms with Gasteiger partial charge in [-0.05, 0) is 23.7 Å². The molecule has 0 amide bonds. The molecule has 0 bridgehead atoms. The van der Waals surface area contributed by atoms with E-state index < -0.39 is 6.29 Å². The van der Waals surface area contributed by atoms with E-state index in [0.29, 0.717) is 5.69 Å². The summed E-state index contributed by atoms with van der Waals surface area (Å²) in [6.07, 6.45) is -3.66. The second kappa shape index (κ2) is 4.85. The van der Waals surface area contributed by atoms with Gasteiger partial charge in [-0.15, -0.1) is 8.78 Å². The average Bonchev–Trinajstić information content (AvgIpc) is 2.71. The third-order valence-corrected chi connectivity index (χ3v) is 2.66. The SMILES string of the molecule is CNc1nc(Cl)nc(Nc2ccc3c(c2)OC(F)(F)O3)n1. The second-order valence-electron chi connectivity index (χ2n) is 3.96. The van der Waals surface area contributed by atoms with Crippen LogP contribution >= 0.6 is 11.6 Å². The Labute approximate surface area is 122 Å². The van der Waals surface area contributed by atoms with Gasteiger partial charge in [0.2, 0.25) is 17.2 Å². The fraction of sp³-hybridized carbons (Fsp3) is 0.182. The van der Waals surface area contributed by atoms with Gasteiger partial charge in [-0.25, -0.2) is 0 Å². The molecule has 0 saturated carbocycles. The normalized spacial score (nSPS) is 14.9. The van der Waals surface area contributed by atoms with Crippen molar-refractivity contribution in [2.45, 2.75) is 6.29 Å². The van der Waals surface area contributed by atoms with Crippen molar-refractivity contribution >= 4 is 29.2 Å². The van der Waals surface area contributed by atoms with E-state index in [0.717, 1.165) is 0 Å². The van der Waals surface area contributed by atoms with Crippen molar-refractivity contribution in [2.24, 2.45) is 0 Å². The highest BCUT2D eigenvalue weighted by Gasteiger charge is 2.43. The summed E-state index contributed by atoms with van der Waals surface area (Å²) >= 11 is 5.74. The summed E-state index contributed by atoms with van der Waals surface area (Å²) < 4.78 is 34.5. The molecule has 0 unspecified atom stereocenters. The van der Waals surface area contributed by atoms with E-state index in [9.17, 15) is 8.78 Å². The predicted molar refractivity (Wildman–Crippen MR) is 70.3 cm³/mol. The van der Waals surface area contributed by atoms with Crippen LogP contribution in [-0.4, -0.2) is 28.3 Å². The molecule has 2 heterocycles. The van der Waals surface area contributed by atoms with Crippen LogP contribution in [0.25, 0.3) is 0 Å². The molecule has 110 valence electrons. The number of aromatic nitrogens is 3. The van der Waals surface area contributed by atoms with Gasteiger partial charge in [0.05, 0.1) is 0 Å². The number of nitrogens with one attached hydrogen (secondary N) is 2. The second-order valence-corrected chi connectivity index (χ2v) is 4.29. The molecule has 7 nitrogen and oxygen atoms in total. The lowest BCUT2D eigenvalue weighted by Crippen LogP contribution is -2.25. The number of rotatable bonds is 3. The van der Waals surface area contributed by atoms with Gasteiger partial charge in [-0.1, -0.05) is 0 Å². The highest BCUT2D eigenvalue weighted by molar-refractivity contribution is 6.28. The molecule has 0 radical (unpaired) electrons. The third-order valence-electron chi connectivity index (χ3n) is 2.49. The first-order chi connectivity index (χ1) is 9.95. The summed E-state index contributed by atoms with van der Waals surface area (Å²) in [5.41, 5.74) is 0.430. The zero-order chi connectivity index (χ0) is 15.0. The van der Waals surface area contributed by atoms with Gasteiger partial charge in [0.25, 0.3) is 0 Å². The van der Waals surface area contributed by atoms with E-state index in [2.05, 4.69) is 35.1 Å². The molecule has 0 aliphatic carbocycles. The molecular formula is C11H8ClF2N5O2. The number of hydrogen-bond acceptors (Lipinski definition) is 7. The summed E-state index contributed by atoms with van der Waals surface area (Å²) in [5, 5.41) is 5.52. The van der Waals surface area contributed by atoms with Gasteiger partial charge in [0, 0.05) is 18.8 Å². The number of benzene rings is 1. The first-order valence-electron chi connectivity index (χ1n) is 5.71. The molecule has 0 saturated heterocycles. The molecule has 1 aromatic carbocycles. The predicted octanol–water partition coefficient (Wildman–Crippen LogP) is 2.63. The van der Waals surface area contributed by atoms with Crippen LogP contribution in [0.4, 0.5) is 26.4 Å². The number of fused-ring (bicyclic) bond motifs is 1. The monoisotopic (exact) mass is 315 g/mol. The van der Waals surface area contributed by atoms with Crippen LogP contribution in [0.5, 0.6) is 11.5 Å². The lowest BCUT2D eigenvalue weighted by atomic mass is 10.3. The highest BCUT2D eigenvalue weighted by atomic mass is 35.5. The van der Waals surface area contributed by atoms with E-state index in [1.165, 1.54) is 18.2 Å². The summed E-state index contributed by atoms with van der Waals surface area (Å²) in [5.74, 6) is 0.295. The zero-order valence-corrected chi connectivity index (χ0v) is 11.3. The van der Waals surface area contributed by atoms with Crippen LogP contribution in [-0.2, 0) is 0 Å². The molecule has 1 aliphatic rings. The van der Waals surface area contributed by atoms with Gasteiger partial charge < -0.3 is 20.1 Å². The van der Waals surface area contributed by atoms with E-state index in [1.54, 1.807) is 7.05 Å². The maximum atomic E-state index is 12.9. The topological polar surface area (TPSA) is 81.2 Å². The largest absolute Gasteiger partial charge is 0.586 e. The Hall–Kier alpha value is -2.42. The van der Waals surface area contributed by atoms with E-state index in [1.807, 2.05) is 0 Å². The summed E-state index contributed by atoms with van der Waals surface area (Å²) in [7, 11) is 1.62. The summed E-state index contributed by atoms with van der Waals surface area (Å²) in [4.78, 5) is 11.7. The number of halogens is 3. The maximum absolute atomic E-state index is 12.9. The molecule has 0 spiro atoms. The Morgan fingerprint density at radius 2 is 1.81 bits per heavy atom. The van der Waals surface area contributed by atoms with Gasteiger partial charge in [0.15, 0.2) is 11.5 Å². The van der Waals surface area contributed by atoms with Crippen molar-refractivity contribution in [1.82, 2.24) is 15.0 Å². The lowest BCUT2D eigenvalue weighted by Gasteiger charge is -2.07. The van der Waals surface area contributed by atoms with Crippen molar-refractivity contribution < 1.29 is 18.3 Å². The van der Waals surface area contributed by atoms with Gasteiger partial charge in [-0.2, -0.15) is 15.0 Å².